The van der Waals surface area contributed by atoms with Crippen molar-refractivity contribution in [3.63, 3.8) is 0 Å². The molecule has 0 aliphatic carbocycles. The molecular weight excluding hydrogens is 148 g/mol. The molecule has 0 spiro atoms. The summed E-state index contributed by atoms with van der Waals surface area (Å²) in [6.45, 7) is 5.52. The lowest BCUT2D eigenvalue weighted by Crippen LogP contribution is -2.06. The van der Waals surface area contributed by atoms with Gasteiger partial charge in [-0.1, -0.05) is 19.1 Å². The molecule has 1 unspecified atom stereocenters. The average Bonchev–Trinajstić information content (AvgIpc) is 1.98. The molecule has 0 aromatic rings. The summed E-state index contributed by atoms with van der Waals surface area (Å²) in [5, 5.41) is 0. The molecule has 0 bridgehead atoms. The highest BCUT2D eigenvalue weighted by Gasteiger charge is 1.96. The molecule has 0 N–H and O–H groups in total. The first kappa shape index (κ1) is 9.99. The van der Waals surface area contributed by atoms with E-state index in [0.717, 1.165) is 6.61 Å². The molecule has 60 valence electrons. The Bertz CT molecular complexity index is 91.3. The SMILES string of the molecule is C/C=C/COCC(C)CCl. The predicted molar refractivity (Wildman–Crippen MR) is 45.5 cm³/mol. The molecule has 0 aromatic heterocycles. The minimum absolute atomic E-state index is 0.465. The Kier molecular flexibility index (Phi) is 7.09. The normalized spacial score (nSPS) is 14.3. The summed E-state index contributed by atoms with van der Waals surface area (Å²) >= 11 is 5.57. The Labute approximate surface area is 68.0 Å². The molecule has 0 fully saturated rings. The van der Waals surface area contributed by atoms with Crippen molar-refractivity contribution in [3.05, 3.63) is 12.2 Å². The predicted octanol–water partition coefficient (Wildman–Crippen LogP) is 2.45. The van der Waals surface area contributed by atoms with E-state index in [9.17, 15) is 0 Å². The van der Waals surface area contributed by atoms with Crippen LogP contribution in [0.3, 0.4) is 0 Å². The summed E-state index contributed by atoms with van der Waals surface area (Å²) < 4.78 is 5.26. The van der Waals surface area contributed by atoms with Crippen LogP contribution in [0, 0.1) is 5.92 Å². The number of allylic oxidation sites excluding steroid dienone is 1. The number of ether oxygens (including phenoxy) is 1. The van der Waals surface area contributed by atoms with Crippen LogP contribution in [0.1, 0.15) is 13.8 Å². The van der Waals surface area contributed by atoms with Crippen LogP contribution in [-0.4, -0.2) is 19.1 Å². The van der Waals surface area contributed by atoms with E-state index in [1.807, 2.05) is 19.1 Å². The van der Waals surface area contributed by atoms with Gasteiger partial charge in [0.15, 0.2) is 0 Å². The van der Waals surface area contributed by atoms with Crippen molar-refractivity contribution in [2.75, 3.05) is 19.1 Å². The smallest absolute Gasteiger partial charge is 0.0647 e. The highest BCUT2D eigenvalue weighted by atomic mass is 35.5. The number of hydrogen-bond donors (Lipinski definition) is 0. The van der Waals surface area contributed by atoms with E-state index in [1.54, 1.807) is 0 Å². The molecule has 10 heavy (non-hydrogen) atoms. The van der Waals surface area contributed by atoms with E-state index in [4.69, 9.17) is 16.3 Å². The Morgan fingerprint density at radius 3 is 2.80 bits per heavy atom. The van der Waals surface area contributed by atoms with Crippen LogP contribution < -0.4 is 0 Å². The van der Waals surface area contributed by atoms with Gasteiger partial charge in [0.2, 0.25) is 0 Å². The quantitative estimate of drug-likeness (QED) is 0.343. The highest BCUT2D eigenvalue weighted by Crippen LogP contribution is 1.97. The van der Waals surface area contributed by atoms with Crippen LogP contribution in [0.4, 0.5) is 0 Å². The minimum Gasteiger partial charge on any atom is -0.377 e. The fourth-order valence-corrected chi connectivity index (χ4v) is 0.567. The van der Waals surface area contributed by atoms with Crippen LogP contribution in [0.25, 0.3) is 0 Å². The Hall–Kier alpha value is -0.0100. The fraction of sp³-hybridized carbons (Fsp3) is 0.750. The molecule has 0 aliphatic heterocycles. The van der Waals surface area contributed by atoms with Gasteiger partial charge in [0.05, 0.1) is 13.2 Å². The zero-order chi connectivity index (χ0) is 7.82. The highest BCUT2D eigenvalue weighted by molar-refractivity contribution is 6.18. The average molecular weight is 163 g/mol. The maximum atomic E-state index is 5.57. The minimum atomic E-state index is 0.465. The van der Waals surface area contributed by atoms with Gasteiger partial charge >= 0.3 is 0 Å². The van der Waals surface area contributed by atoms with Gasteiger partial charge in [-0.15, -0.1) is 11.6 Å². The maximum absolute atomic E-state index is 5.57. The van der Waals surface area contributed by atoms with Crippen molar-refractivity contribution >= 4 is 11.6 Å². The second-order valence-electron chi connectivity index (χ2n) is 2.37. The molecule has 0 radical (unpaired) electrons. The summed E-state index contributed by atoms with van der Waals surface area (Å²) in [4.78, 5) is 0. The fourth-order valence-electron chi connectivity index (χ4n) is 0.478. The number of alkyl halides is 1. The summed E-state index contributed by atoms with van der Waals surface area (Å²) in [6.07, 6.45) is 3.96. The lowest BCUT2D eigenvalue weighted by Gasteiger charge is -2.05. The summed E-state index contributed by atoms with van der Waals surface area (Å²) in [5.41, 5.74) is 0. The third-order valence-corrected chi connectivity index (χ3v) is 1.64. The zero-order valence-electron chi connectivity index (χ0n) is 6.64. The lowest BCUT2D eigenvalue weighted by molar-refractivity contribution is 0.136. The van der Waals surface area contributed by atoms with Crippen molar-refractivity contribution in [2.24, 2.45) is 5.92 Å². The zero-order valence-corrected chi connectivity index (χ0v) is 7.40. The van der Waals surface area contributed by atoms with Gasteiger partial charge in [0.25, 0.3) is 0 Å². The third kappa shape index (κ3) is 6.12. The van der Waals surface area contributed by atoms with E-state index in [2.05, 4.69) is 6.92 Å². The van der Waals surface area contributed by atoms with Gasteiger partial charge in [-0.05, 0) is 12.8 Å². The van der Waals surface area contributed by atoms with E-state index >= 15 is 0 Å². The van der Waals surface area contributed by atoms with Crippen molar-refractivity contribution in [3.8, 4) is 0 Å². The molecule has 0 aromatic carbocycles. The molecule has 0 saturated heterocycles. The first-order valence-corrected chi connectivity index (χ1v) is 4.09. The standard InChI is InChI=1S/C8H15ClO/c1-3-4-5-10-7-8(2)6-9/h3-4,8H,5-7H2,1-2H3/b4-3+. The van der Waals surface area contributed by atoms with Gasteiger partial charge in [0.1, 0.15) is 0 Å². The summed E-state index contributed by atoms with van der Waals surface area (Å²) in [5.74, 6) is 1.14. The maximum Gasteiger partial charge on any atom is 0.0647 e. The molecule has 0 aliphatic rings. The largest absolute Gasteiger partial charge is 0.377 e. The lowest BCUT2D eigenvalue weighted by atomic mass is 10.2. The van der Waals surface area contributed by atoms with Crippen LogP contribution in [-0.2, 0) is 4.74 Å². The molecule has 2 heteroatoms. The van der Waals surface area contributed by atoms with Crippen molar-refractivity contribution in [1.29, 1.82) is 0 Å². The van der Waals surface area contributed by atoms with Gasteiger partial charge < -0.3 is 4.74 Å². The van der Waals surface area contributed by atoms with E-state index in [0.29, 0.717) is 18.4 Å². The number of hydrogen-bond acceptors (Lipinski definition) is 1. The molecule has 1 nitrogen and oxygen atoms in total. The molecule has 0 heterocycles. The second-order valence-corrected chi connectivity index (χ2v) is 2.67. The molecule has 0 rings (SSSR count). The monoisotopic (exact) mass is 162 g/mol. The van der Waals surface area contributed by atoms with Crippen molar-refractivity contribution in [2.45, 2.75) is 13.8 Å². The van der Waals surface area contributed by atoms with Gasteiger partial charge in [-0.2, -0.15) is 0 Å². The summed E-state index contributed by atoms with van der Waals surface area (Å²) in [7, 11) is 0. The molecular formula is C8H15ClO. The topological polar surface area (TPSA) is 9.23 Å². The molecule has 1 atom stereocenters. The Morgan fingerprint density at radius 2 is 2.30 bits per heavy atom. The van der Waals surface area contributed by atoms with E-state index in [-0.39, 0.29) is 0 Å². The third-order valence-electron chi connectivity index (χ3n) is 1.12. The first-order chi connectivity index (χ1) is 4.81. The Morgan fingerprint density at radius 1 is 1.60 bits per heavy atom. The van der Waals surface area contributed by atoms with E-state index < -0.39 is 0 Å². The van der Waals surface area contributed by atoms with Gasteiger partial charge in [0, 0.05) is 5.88 Å². The van der Waals surface area contributed by atoms with Crippen LogP contribution in [0.15, 0.2) is 12.2 Å². The van der Waals surface area contributed by atoms with Gasteiger partial charge in [-0.3, -0.25) is 0 Å². The van der Waals surface area contributed by atoms with Crippen LogP contribution in [0.5, 0.6) is 0 Å². The van der Waals surface area contributed by atoms with Crippen LogP contribution >= 0.6 is 11.6 Å². The van der Waals surface area contributed by atoms with Crippen molar-refractivity contribution < 1.29 is 4.74 Å². The summed E-state index contributed by atoms with van der Waals surface area (Å²) in [6, 6.07) is 0. The first-order valence-electron chi connectivity index (χ1n) is 3.56. The van der Waals surface area contributed by atoms with Crippen molar-refractivity contribution in [1.82, 2.24) is 0 Å². The van der Waals surface area contributed by atoms with Gasteiger partial charge in [-0.25, -0.2) is 0 Å². The number of halogens is 1. The second kappa shape index (κ2) is 7.10. The number of rotatable bonds is 5. The van der Waals surface area contributed by atoms with E-state index in [1.165, 1.54) is 0 Å². The molecule has 0 saturated carbocycles. The Balaban J connectivity index is 3.03. The molecule has 0 amide bonds. The van der Waals surface area contributed by atoms with Crippen LogP contribution in [0.2, 0.25) is 0 Å².